The highest BCUT2D eigenvalue weighted by atomic mass is 16.5. The van der Waals surface area contributed by atoms with Crippen LogP contribution in [0.2, 0.25) is 0 Å². The average Bonchev–Trinajstić information content (AvgIpc) is 2.94. The summed E-state index contributed by atoms with van der Waals surface area (Å²) in [6.07, 6.45) is 4.60. The van der Waals surface area contributed by atoms with Gasteiger partial charge in [0.15, 0.2) is 5.82 Å². The number of carbonyl (C=O) groups excluding carboxylic acids is 1. The number of hydrogen-bond acceptors (Lipinski definition) is 4. The second kappa shape index (κ2) is 6.10. The third kappa shape index (κ3) is 3.38. The number of aromatic nitrogens is 3. The Morgan fingerprint density at radius 1 is 1.53 bits per heavy atom. The fraction of sp³-hybridized carbons (Fsp3) is 0.308. The maximum Gasteiger partial charge on any atom is 0.253 e. The van der Waals surface area contributed by atoms with Crippen molar-refractivity contribution >= 4 is 11.6 Å². The van der Waals surface area contributed by atoms with Crippen LogP contribution < -0.4 is 5.32 Å². The Balaban J connectivity index is 2.01. The Morgan fingerprint density at radius 3 is 2.95 bits per heavy atom. The zero-order valence-corrected chi connectivity index (χ0v) is 10.9. The average molecular weight is 260 g/mol. The van der Waals surface area contributed by atoms with Crippen molar-refractivity contribution in [3.05, 3.63) is 36.8 Å². The first-order valence-corrected chi connectivity index (χ1v) is 6.09. The Kier molecular flexibility index (Phi) is 4.25. The topological polar surface area (TPSA) is 69.0 Å². The van der Waals surface area contributed by atoms with Crippen molar-refractivity contribution in [3.63, 3.8) is 0 Å². The Hall–Kier alpha value is -2.21. The zero-order valence-electron chi connectivity index (χ0n) is 10.9. The van der Waals surface area contributed by atoms with Gasteiger partial charge in [0.25, 0.3) is 5.91 Å². The van der Waals surface area contributed by atoms with Gasteiger partial charge < -0.3 is 10.1 Å². The molecule has 19 heavy (non-hydrogen) atoms. The van der Waals surface area contributed by atoms with Crippen LogP contribution in [0.3, 0.4) is 0 Å². The minimum Gasteiger partial charge on any atom is -0.369 e. The number of rotatable bonds is 5. The van der Waals surface area contributed by atoms with Crippen molar-refractivity contribution in [2.75, 3.05) is 11.9 Å². The van der Waals surface area contributed by atoms with Crippen LogP contribution in [0, 0.1) is 0 Å². The molecule has 0 bridgehead atoms. The Labute approximate surface area is 111 Å². The lowest BCUT2D eigenvalue weighted by Gasteiger charge is -2.12. The lowest BCUT2D eigenvalue weighted by molar-refractivity contribution is -0.126. The van der Waals surface area contributed by atoms with E-state index in [-0.39, 0.29) is 5.91 Å². The summed E-state index contributed by atoms with van der Waals surface area (Å²) in [6.45, 7) is 4.07. The molecule has 2 aromatic rings. The smallest absolute Gasteiger partial charge is 0.253 e. The van der Waals surface area contributed by atoms with Crippen LogP contribution in [0.1, 0.15) is 13.8 Å². The predicted octanol–water partition coefficient (Wildman–Crippen LogP) is 1.63. The number of ether oxygens (including phenoxy) is 1. The first kappa shape index (κ1) is 13.2. The molecule has 0 saturated heterocycles. The summed E-state index contributed by atoms with van der Waals surface area (Å²) in [5.41, 5.74) is 0.632. The lowest BCUT2D eigenvalue weighted by atomic mass is 10.3. The van der Waals surface area contributed by atoms with Crippen molar-refractivity contribution in [1.82, 2.24) is 14.8 Å². The van der Waals surface area contributed by atoms with Crippen LogP contribution in [0.4, 0.5) is 5.69 Å². The van der Waals surface area contributed by atoms with E-state index in [1.165, 1.54) is 0 Å². The van der Waals surface area contributed by atoms with Crippen molar-refractivity contribution < 1.29 is 9.53 Å². The Bertz CT molecular complexity index is 522. The SMILES string of the molecule is CCO[C@@H](C)C(=O)Nc1ccc(-n2cccn2)nc1. The fourth-order valence-corrected chi connectivity index (χ4v) is 1.57. The van der Waals surface area contributed by atoms with E-state index in [0.29, 0.717) is 18.1 Å². The summed E-state index contributed by atoms with van der Waals surface area (Å²) >= 11 is 0. The number of amides is 1. The van der Waals surface area contributed by atoms with Crippen molar-refractivity contribution in [2.24, 2.45) is 0 Å². The third-order valence-corrected chi connectivity index (χ3v) is 2.54. The van der Waals surface area contributed by atoms with E-state index in [4.69, 9.17) is 4.74 Å². The molecule has 2 aromatic heterocycles. The van der Waals surface area contributed by atoms with Gasteiger partial charge >= 0.3 is 0 Å². The molecular weight excluding hydrogens is 244 g/mol. The van der Waals surface area contributed by atoms with E-state index < -0.39 is 6.10 Å². The Morgan fingerprint density at radius 2 is 2.37 bits per heavy atom. The molecule has 0 spiro atoms. The van der Waals surface area contributed by atoms with E-state index in [9.17, 15) is 4.79 Å². The first-order chi connectivity index (χ1) is 9.20. The van der Waals surface area contributed by atoms with Crippen LogP contribution >= 0.6 is 0 Å². The molecule has 0 aromatic carbocycles. The van der Waals surface area contributed by atoms with Crippen LogP contribution in [0.15, 0.2) is 36.8 Å². The second-order valence-corrected chi connectivity index (χ2v) is 3.94. The van der Waals surface area contributed by atoms with Gasteiger partial charge in [-0.1, -0.05) is 0 Å². The van der Waals surface area contributed by atoms with Crippen molar-refractivity contribution in [2.45, 2.75) is 20.0 Å². The molecule has 0 fully saturated rings. The minimum atomic E-state index is -0.476. The van der Waals surface area contributed by atoms with Gasteiger partial charge in [-0.15, -0.1) is 0 Å². The highest BCUT2D eigenvalue weighted by Crippen LogP contribution is 2.09. The molecule has 1 atom stereocenters. The van der Waals surface area contributed by atoms with Crippen LogP contribution in [0.25, 0.3) is 5.82 Å². The van der Waals surface area contributed by atoms with E-state index in [1.54, 1.807) is 42.3 Å². The summed E-state index contributed by atoms with van der Waals surface area (Å²) in [4.78, 5) is 16.0. The van der Waals surface area contributed by atoms with E-state index in [1.807, 2.05) is 13.0 Å². The molecule has 6 heteroatoms. The number of carbonyl (C=O) groups is 1. The van der Waals surface area contributed by atoms with Gasteiger partial charge in [0.05, 0.1) is 11.9 Å². The van der Waals surface area contributed by atoms with Gasteiger partial charge in [-0.2, -0.15) is 5.10 Å². The van der Waals surface area contributed by atoms with E-state index in [2.05, 4.69) is 15.4 Å². The monoisotopic (exact) mass is 260 g/mol. The molecule has 1 amide bonds. The van der Waals surface area contributed by atoms with Crippen LogP contribution in [0.5, 0.6) is 0 Å². The zero-order chi connectivity index (χ0) is 13.7. The number of pyridine rings is 1. The molecular formula is C13H16N4O2. The standard InChI is InChI=1S/C13H16N4O2/c1-3-19-10(2)13(18)16-11-5-6-12(14-9-11)17-8-4-7-15-17/h4-10H,3H2,1-2H3,(H,16,18)/t10-/m0/s1. The fourth-order valence-electron chi connectivity index (χ4n) is 1.57. The molecule has 1 N–H and O–H groups in total. The molecule has 0 radical (unpaired) electrons. The van der Waals surface area contributed by atoms with Gasteiger partial charge in [-0.25, -0.2) is 9.67 Å². The molecule has 0 aliphatic rings. The first-order valence-electron chi connectivity index (χ1n) is 6.09. The molecule has 2 rings (SSSR count). The molecule has 6 nitrogen and oxygen atoms in total. The molecule has 2 heterocycles. The summed E-state index contributed by atoms with van der Waals surface area (Å²) in [6, 6.07) is 5.38. The number of anilines is 1. The van der Waals surface area contributed by atoms with Gasteiger partial charge in [-0.05, 0) is 32.0 Å². The lowest BCUT2D eigenvalue weighted by Crippen LogP contribution is -2.27. The molecule has 0 saturated carbocycles. The number of nitrogens with zero attached hydrogens (tertiary/aromatic N) is 3. The predicted molar refractivity (Wildman–Crippen MR) is 71.1 cm³/mol. The maximum atomic E-state index is 11.7. The molecule has 0 aliphatic heterocycles. The third-order valence-electron chi connectivity index (χ3n) is 2.54. The maximum absolute atomic E-state index is 11.7. The minimum absolute atomic E-state index is 0.185. The summed E-state index contributed by atoms with van der Waals surface area (Å²) < 4.78 is 6.86. The summed E-state index contributed by atoms with van der Waals surface area (Å²) in [5, 5.41) is 6.82. The van der Waals surface area contributed by atoms with Crippen molar-refractivity contribution in [3.8, 4) is 5.82 Å². The van der Waals surface area contributed by atoms with Crippen molar-refractivity contribution in [1.29, 1.82) is 0 Å². The summed E-state index contributed by atoms with van der Waals surface area (Å²) in [7, 11) is 0. The number of nitrogens with one attached hydrogen (secondary N) is 1. The largest absolute Gasteiger partial charge is 0.369 e. The van der Waals surface area contributed by atoms with E-state index >= 15 is 0 Å². The molecule has 100 valence electrons. The normalized spacial score (nSPS) is 12.1. The summed E-state index contributed by atoms with van der Waals surface area (Å²) in [5.74, 6) is 0.511. The quantitative estimate of drug-likeness (QED) is 0.887. The van der Waals surface area contributed by atoms with Gasteiger partial charge in [0.1, 0.15) is 6.10 Å². The molecule has 0 unspecified atom stereocenters. The van der Waals surface area contributed by atoms with Gasteiger partial charge in [0, 0.05) is 19.0 Å². The number of hydrogen-bond donors (Lipinski definition) is 1. The highest BCUT2D eigenvalue weighted by Gasteiger charge is 2.12. The van der Waals surface area contributed by atoms with Gasteiger partial charge in [-0.3, -0.25) is 4.79 Å². The second-order valence-electron chi connectivity index (χ2n) is 3.94. The van der Waals surface area contributed by atoms with Gasteiger partial charge in [0.2, 0.25) is 0 Å². The van der Waals surface area contributed by atoms with Crippen LogP contribution in [-0.2, 0) is 9.53 Å². The van der Waals surface area contributed by atoms with Crippen LogP contribution in [-0.4, -0.2) is 33.4 Å². The highest BCUT2D eigenvalue weighted by molar-refractivity contribution is 5.93. The van der Waals surface area contributed by atoms with E-state index in [0.717, 1.165) is 0 Å². The molecule has 0 aliphatic carbocycles.